The van der Waals surface area contributed by atoms with E-state index < -0.39 is 0 Å². The summed E-state index contributed by atoms with van der Waals surface area (Å²) in [6.45, 7) is 5.92. The Morgan fingerprint density at radius 3 is 2.82 bits per heavy atom. The van der Waals surface area contributed by atoms with Crippen molar-refractivity contribution in [3.05, 3.63) is 9.47 Å². The minimum absolute atomic E-state index is 0.158. The lowest BCUT2D eigenvalue weighted by Crippen LogP contribution is -2.33. The average Bonchev–Trinajstić information content (AvgIpc) is 2.54. The monoisotopic (exact) mass is 274 g/mol. The van der Waals surface area contributed by atoms with Crippen LogP contribution >= 0.6 is 22.9 Å². The number of halogens is 1. The lowest BCUT2D eigenvalue weighted by Gasteiger charge is -2.19. The standard InChI is InChI=1S/C10H15ClN4OS/c1-8(16)15-4-2-3-14(5-6-15)7-9-12-13-10(11)17-9/h2-7H2,1H3. The Bertz CT molecular complexity index is 397. The molecule has 7 heteroatoms. The molecule has 0 N–H and O–H groups in total. The molecule has 1 fully saturated rings. The summed E-state index contributed by atoms with van der Waals surface area (Å²) in [5, 5.41) is 8.74. The summed E-state index contributed by atoms with van der Waals surface area (Å²) in [6, 6.07) is 0. The largest absolute Gasteiger partial charge is 0.342 e. The Kier molecular flexibility index (Phi) is 4.31. The highest BCUT2D eigenvalue weighted by atomic mass is 35.5. The molecule has 17 heavy (non-hydrogen) atoms. The number of hydrogen-bond acceptors (Lipinski definition) is 5. The number of carbonyl (C=O) groups is 1. The predicted octanol–water partition coefficient (Wildman–Crippen LogP) is 1.25. The van der Waals surface area contributed by atoms with E-state index in [9.17, 15) is 4.79 Å². The van der Waals surface area contributed by atoms with E-state index >= 15 is 0 Å². The lowest BCUT2D eigenvalue weighted by molar-refractivity contribution is -0.128. The van der Waals surface area contributed by atoms with Crippen molar-refractivity contribution in [1.29, 1.82) is 0 Å². The van der Waals surface area contributed by atoms with Gasteiger partial charge in [0, 0.05) is 33.1 Å². The number of carbonyl (C=O) groups excluding carboxylic acids is 1. The van der Waals surface area contributed by atoms with Gasteiger partial charge in [0.15, 0.2) is 0 Å². The fourth-order valence-electron chi connectivity index (χ4n) is 1.93. The van der Waals surface area contributed by atoms with E-state index in [1.54, 1.807) is 6.92 Å². The molecule has 0 bridgehead atoms. The van der Waals surface area contributed by atoms with E-state index in [4.69, 9.17) is 11.6 Å². The minimum Gasteiger partial charge on any atom is -0.342 e. The molecule has 5 nitrogen and oxygen atoms in total. The molecule has 94 valence electrons. The summed E-state index contributed by atoms with van der Waals surface area (Å²) in [5.41, 5.74) is 0. The summed E-state index contributed by atoms with van der Waals surface area (Å²) in [7, 11) is 0. The molecule has 2 heterocycles. The number of nitrogens with zero attached hydrogens (tertiary/aromatic N) is 4. The lowest BCUT2D eigenvalue weighted by atomic mass is 10.4. The van der Waals surface area contributed by atoms with Gasteiger partial charge in [0.05, 0.1) is 6.54 Å². The van der Waals surface area contributed by atoms with Crippen molar-refractivity contribution in [3.8, 4) is 0 Å². The topological polar surface area (TPSA) is 49.3 Å². The van der Waals surface area contributed by atoms with Gasteiger partial charge >= 0.3 is 0 Å². The maximum Gasteiger partial charge on any atom is 0.219 e. The van der Waals surface area contributed by atoms with Crippen LogP contribution in [0.5, 0.6) is 0 Å². The highest BCUT2D eigenvalue weighted by Gasteiger charge is 2.17. The minimum atomic E-state index is 0.158. The third-order valence-electron chi connectivity index (χ3n) is 2.83. The second kappa shape index (κ2) is 5.75. The number of aromatic nitrogens is 2. The smallest absolute Gasteiger partial charge is 0.219 e. The van der Waals surface area contributed by atoms with Gasteiger partial charge in [0.1, 0.15) is 5.01 Å². The van der Waals surface area contributed by atoms with Crippen LogP contribution in [0.2, 0.25) is 4.47 Å². The van der Waals surface area contributed by atoms with Crippen molar-refractivity contribution in [1.82, 2.24) is 20.0 Å². The molecule has 1 aromatic rings. The summed E-state index contributed by atoms with van der Waals surface area (Å²) < 4.78 is 0.486. The van der Waals surface area contributed by atoms with Gasteiger partial charge in [-0.1, -0.05) is 11.3 Å². The maximum atomic E-state index is 11.3. The van der Waals surface area contributed by atoms with Crippen molar-refractivity contribution >= 4 is 28.8 Å². The van der Waals surface area contributed by atoms with Crippen LogP contribution in [0.1, 0.15) is 18.4 Å². The van der Waals surface area contributed by atoms with Crippen molar-refractivity contribution in [2.45, 2.75) is 19.9 Å². The van der Waals surface area contributed by atoms with Crippen LogP contribution in [0.4, 0.5) is 0 Å². The normalized spacial score (nSPS) is 18.1. The molecule has 2 rings (SSSR count). The molecule has 1 aliphatic heterocycles. The Balaban J connectivity index is 1.88. The molecule has 0 unspecified atom stereocenters. The van der Waals surface area contributed by atoms with Gasteiger partial charge in [0.25, 0.3) is 0 Å². The van der Waals surface area contributed by atoms with Crippen LogP contribution in [0, 0.1) is 0 Å². The third-order valence-corrected chi connectivity index (χ3v) is 3.84. The Labute approximate surface area is 109 Å². The van der Waals surface area contributed by atoms with Crippen LogP contribution in [-0.4, -0.2) is 52.1 Å². The van der Waals surface area contributed by atoms with Crippen LogP contribution in [0.15, 0.2) is 0 Å². The first kappa shape index (κ1) is 12.7. The Morgan fingerprint density at radius 2 is 2.18 bits per heavy atom. The molecule has 0 aliphatic carbocycles. The van der Waals surface area contributed by atoms with Crippen molar-refractivity contribution in [2.24, 2.45) is 0 Å². The van der Waals surface area contributed by atoms with Gasteiger partial charge in [0.2, 0.25) is 10.4 Å². The molecule has 1 aliphatic rings. The van der Waals surface area contributed by atoms with Gasteiger partial charge in [-0.25, -0.2) is 0 Å². The van der Waals surface area contributed by atoms with Crippen molar-refractivity contribution in [3.63, 3.8) is 0 Å². The number of amides is 1. The number of hydrogen-bond donors (Lipinski definition) is 0. The zero-order chi connectivity index (χ0) is 12.3. The molecule has 1 amide bonds. The maximum absolute atomic E-state index is 11.3. The molecule has 0 atom stereocenters. The Morgan fingerprint density at radius 1 is 1.35 bits per heavy atom. The van der Waals surface area contributed by atoms with Crippen molar-refractivity contribution < 1.29 is 4.79 Å². The van der Waals surface area contributed by atoms with Gasteiger partial charge in [-0.05, 0) is 18.0 Å². The van der Waals surface area contributed by atoms with E-state index in [0.29, 0.717) is 4.47 Å². The molecule has 0 saturated carbocycles. The molecular formula is C10H15ClN4OS. The number of rotatable bonds is 2. The second-order valence-corrected chi connectivity index (χ2v) is 5.73. The fourth-order valence-corrected chi connectivity index (χ4v) is 2.84. The first-order chi connectivity index (χ1) is 8.15. The average molecular weight is 275 g/mol. The highest BCUT2D eigenvalue weighted by Crippen LogP contribution is 2.17. The van der Waals surface area contributed by atoms with E-state index in [0.717, 1.165) is 44.2 Å². The van der Waals surface area contributed by atoms with Gasteiger partial charge in [-0.3, -0.25) is 9.69 Å². The van der Waals surface area contributed by atoms with E-state index in [1.165, 1.54) is 11.3 Å². The molecule has 1 saturated heterocycles. The zero-order valence-corrected chi connectivity index (χ0v) is 11.3. The third kappa shape index (κ3) is 3.62. The molecule has 0 spiro atoms. The van der Waals surface area contributed by atoms with E-state index in [1.807, 2.05) is 4.90 Å². The van der Waals surface area contributed by atoms with Crippen LogP contribution in [0.3, 0.4) is 0 Å². The first-order valence-corrected chi connectivity index (χ1v) is 6.80. The second-order valence-electron chi connectivity index (χ2n) is 4.08. The summed E-state index contributed by atoms with van der Waals surface area (Å²) >= 11 is 7.16. The van der Waals surface area contributed by atoms with Gasteiger partial charge in [-0.15, -0.1) is 10.2 Å². The summed E-state index contributed by atoms with van der Waals surface area (Å²) in [6.07, 6.45) is 1.01. The van der Waals surface area contributed by atoms with Crippen LogP contribution in [0.25, 0.3) is 0 Å². The molecule has 0 radical (unpaired) electrons. The van der Waals surface area contributed by atoms with Crippen LogP contribution < -0.4 is 0 Å². The quantitative estimate of drug-likeness (QED) is 0.814. The fraction of sp³-hybridized carbons (Fsp3) is 0.700. The Hall–Kier alpha value is -0.720. The van der Waals surface area contributed by atoms with Crippen LogP contribution in [-0.2, 0) is 11.3 Å². The van der Waals surface area contributed by atoms with Gasteiger partial charge in [-0.2, -0.15) is 0 Å². The van der Waals surface area contributed by atoms with Crippen molar-refractivity contribution in [2.75, 3.05) is 26.2 Å². The molecule has 1 aromatic heterocycles. The predicted molar refractivity (Wildman–Crippen MR) is 67.1 cm³/mol. The SMILES string of the molecule is CC(=O)N1CCCN(Cc2nnc(Cl)s2)CC1. The summed E-state index contributed by atoms with van der Waals surface area (Å²) in [5.74, 6) is 0.158. The highest BCUT2D eigenvalue weighted by molar-refractivity contribution is 7.15. The first-order valence-electron chi connectivity index (χ1n) is 5.61. The molecule has 0 aromatic carbocycles. The summed E-state index contributed by atoms with van der Waals surface area (Å²) in [4.78, 5) is 15.5. The van der Waals surface area contributed by atoms with E-state index in [2.05, 4.69) is 15.1 Å². The molecular weight excluding hydrogens is 260 g/mol. The van der Waals surface area contributed by atoms with E-state index in [-0.39, 0.29) is 5.91 Å². The zero-order valence-electron chi connectivity index (χ0n) is 9.73. The van der Waals surface area contributed by atoms with Gasteiger partial charge < -0.3 is 4.90 Å².